The molecular weight excluding hydrogens is 328 g/mol. The van der Waals surface area contributed by atoms with Crippen LogP contribution in [0.25, 0.3) is 0 Å². The van der Waals surface area contributed by atoms with Crippen LogP contribution in [-0.4, -0.2) is 26.8 Å². The molecule has 124 valence electrons. The second-order valence-corrected chi connectivity index (χ2v) is 7.42. The lowest BCUT2D eigenvalue weighted by atomic mass is 10.0. The van der Waals surface area contributed by atoms with Crippen LogP contribution in [0.4, 0.5) is 0 Å². The van der Waals surface area contributed by atoms with E-state index in [0.29, 0.717) is 0 Å². The number of esters is 1. The van der Waals surface area contributed by atoms with Crippen LogP contribution in [0.3, 0.4) is 0 Å². The number of hydrogen-bond donors (Lipinski definition) is 0. The summed E-state index contributed by atoms with van der Waals surface area (Å²) in [5, 5.41) is 0. The summed E-state index contributed by atoms with van der Waals surface area (Å²) in [6.07, 6.45) is 1.62. The summed E-state index contributed by atoms with van der Waals surface area (Å²) in [6.45, 7) is 2.25. The minimum atomic E-state index is -3.84. The lowest BCUT2D eigenvalue weighted by Gasteiger charge is -2.19. The van der Waals surface area contributed by atoms with Crippen LogP contribution >= 0.6 is 0 Å². The van der Waals surface area contributed by atoms with E-state index in [-0.39, 0.29) is 38.9 Å². The number of benzene rings is 2. The van der Waals surface area contributed by atoms with Crippen LogP contribution in [0.1, 0.15) is 46.0 Å². The monoisotopic (exact) mass is 344 g/mol. The molecule has 1 aliphatic rings. The van der Waals surface area contributed by atoms with E-state index in [0.717, 1.165) is 12.8 Å². The summed E-state index contributed by atoms with van der Waals surface area (Å²) < 4.78 is 30.6. The van der Waals surface area contributed by atoms with E-state index < -0.39 is 15.8 Å². The molecule has 0 fully saturated rings. The number of ether oxygens (including phenoxy) is 1. The molecule has 1 aliphatic heterocycles. The summed E-state index contributed by atoms with van der Waals surface area (Å²) in [4.78, 5) is 24.4. The van der Waals surface area contributed by atoms with Crippen LogP contribution in [0.5, 0.6) is 0 Å². The van der Waals surface area contributed by atoms with Crippen LogP contribution < -0.4 is 0 Å². The van der Waals surface area contributed by atoms with Gasteiger partial charge < -0.3 is 4.74 Å². The summed E-state index contributed by atoms with van der Waals surface area (Å²) in [6, 6.07) is 10.1. The molecule has 3 rings (SSSR count). The van der Waals surface area contributed by atoms with Crippen molar-refractivity contribution in [2.45, 2.75) is 29.6 Å². The Morgan fingerprint density at radius 1 is 1.04 bits per heavy atom. The SMILES string of the molecule is CCCCOC(=O)c1ccc2c(c1)S(=O)(=O)c1ccccc1C2=O. The molecule has 0 saturated carbocycles. The zero-order chi connectivity index (χ0) is 17.3. The average Bonchev–Trinajstić information content (AvgIpc) is 2.60. The zero-order valence-electron chi connectivity index (χ0n) is 13.1. The largest absolute Gasteiger partial charge is 0.462 e. The third-order valence-electron chi connectivity index (χ3n) is 3.90. The molecule has 5 nitrogen and oxygen atoms in total. The number of rotatable bonds is 4. The van der Waals surface area contributed by atoms with Crippen LogP contribution in [0, 0.1) is 0 Å². The second kappa shape index (κ2) is 6.20. The van der Waals surface area contributed by atoms with E-state index in [4.69, 9.17) is 4.74 Å². The molecule has 0 spiro atoms. The smallest absolute Gasteiger partial charge is 0.338 e. The quantitative estimate of drug-likeness (QED) is 0.537. The number of fused-ring (bicyclic) bond motifs is 2. The fourth-order valence-corrected chi connectivity index (χ4v) is 4.28. The van der Waals surface area contributed by atoms with Crippen LogP contribution in [-0.2, 0) is 14.6 Å². The van der Waals surface area contributed by atoms with E-state index >= 15 is 0 Å². The Kier molecular flexibility index (Phi) is 4.24. The normalized spacial score (nSPS) is 14.6. The van der Waals surface area contributed by atoms with Crippen molar-refractivity contribution in [1.29, 1.82) is 0 Å². The van der Waals surface area contributed by atoms with Crippen molar-refractivity contribution in [3.05, 3.63) is 59.2 Å². The van der Waals surface area contributed by atoms with Crippen molar-refractivity contribution in [2.75, 3.05) is 6.61 Å². The van der Waals surface area contributed by atoms with Gasteiger partial charge in [0, 0.05) is 11.1 Å². The first kappa shape index (κ1) is 16.4. The molecule has 0 aromatic heterocycles. The van der Waals surface area contributed by atoms with Gasteiger partial charge in [0.25, 0.3) is 0 Å². The molecule has 0 atom stereocenters. The van der Waals surface area contributed by atoms with E-state index in [1.165, 1.54) is 30.3 Å². The average molecular weight is 344 g/mol. The summed E-state index contributed by atoms with van der Waals surface area (Å²) >= 11 is 0. The second-order valence-electron chi connectivity index (χ2n) is 5.53. The topological polar surface area (TPSA) is 77.5 Å². The van der Waals surface area contributed by atoms with E-state index in [1.807, 2.05) is 6.92 Å². The fourth-order valence-electron chi connectivity index (χ4n) is 2.60. The first-order valence-corrected chi connectivity index (χ1v) is 9.15. The van der Waals surface area contributed by atoms with E-state index in [2.05, 4.69) is 0 Å². The lowest BCUT2D eigenvalue weighted by Crippen LogP contribution is -2.21. The maximum atomic E-state index is 12.8. The minimum Gasteiger partial charge on any atom is -0.462 e. The molecule has 6 heteroatoms. The maximum absolute atomic E-state index is 12.8. The number of hydrogen-bond acceptors (Lipinski definition) is 5. The number of carbonyl (C=O) groups is 2. The van der Waals surface area contributed by atoms with Crippen molar-refractivity contribution < 1.29 is 22.7 Å². The third kappa shape index (κ3) is 2.63. The Morgan fingerprint density at radius 2 is 1.75 bits per heavy atom. The molecule has 0 saturated heterocycles. The van der Waals surface area contributed by atoms with Gasteiger partial charge in [0.15, 0.2) is 5.78 Å². The molecule has 2 aromatic rings. The summed E-state index contributed by atoms with van der Waals surface area (Å²) in [5.41, 5.74) is 0.364. The predicted octanol–water partition coefficient (Wildman–Crippen LogP) is 3.02. The molecule has 24 heavy (non-hydrogen) atoms. The van der Waals surface area contributed by atoms with Crippen LogP contribution in [0.2, 0.25) is 0 Å². The van der Waals surface area contributed by atoms with E-state index in [1.54, 1.807) is 12.1 Å². The summed E-state index contributed by atoms with van der Waals surface area (Å²) in [5.74, 6) is -0.950. The van der Waals surface area contributed by atoms with Gasteiger partial charge in [0.05, 0.1) is 22.0 Å². The Morgan fingerprint density at radius 3 is 2.50 bits per heavy atom. The van der Waals surface area contributed by atoms with Gasteiger partial charge in [0.1, 0.15) is 0 Å². The van der Waals surface area contributed by atoms with Gasteiger partial charge in [-0.1, -0.05) is 25.5 Å². The molecule has 1 heterocycles. The van der Waals surface area contributed by atoms with Crippen molar-refractivity contribution in [3.8, 4) is 0 Å². The van der Waals surface area contributed by atoms with Gasteiger partial charge in [-0.25, -0.2) is 13.2 Å². The molecule has 0 radical (unpaired) electrons. The number of sulfone groups is 1. The van der Waals surface area contributed by atoms with Gasteiger partial charge in [-0.2, -0.15) is 0 Å². The summed E-state index contributed by atoms with van der Waals surface area (Å²) in [7, 11) is -3.84. The molecule has 0 amide bonds. The van der Waals surface area contributed by atoms with Crippen LogP contribution in [0.15, 0.2) is 52.3 Å². The predicted molar refractivity (Wildman–Crippen MR) is 87.0 cm³/mol. The molecule has 0 unspecified atom stereocenters. The highest BCUT2D eigenvalue weighted by atomic mass is 32.2. The molecular formula is C18H16O5S. The Labute approximate surface area is 140 Å². The highest BCUT2D eigenvalue weighted by molar-refractivity contribution is 7.91. The standard InChI is InChI=1S/C18H16O5S/c1-2-3-10-23-18(20)12-8-9-14-16(11-12)24(21,22)15-7-5-4-6-13(15)17(14)19/h4-9,11H,2-3,10H2,1H3. The molecule has 0 bridgehead atoms. The highest BCUT2D eigenvalue weighted by Crippen LogP contribution is 2.34. The highest BCUT2D eigenvalue weighted by Gasteiger charge is 2.35. The first-order chi connectivity index (χ1) is 11.5. The first-order valence-electron chi connectivity index (χ1n) is 7.67. The van der Waals surface area contributed by atoms with Crippen molar-refractivity contribution >= 4 is 21.6 Å². The maximum Gasteiger partial charge on any atom is 0.338 e. The van der Waals surface area contributed by atoms with Crippen molar-refractivity contribution in [1.82, 2.24) is 0 Å². The van der Waals surface area contributed by atoms with Crippen molar-refractivity contribution in [3.63, 3.8) is 0 Å². The third-order valence-corrected chi connectivity index (χ3v) is 5.76. The number of unbranched alkanes of at least 4 members (excludes halogenated alkanes) is 1. The Bertz CT molecular complexity index is 928. The molecule has 0 aliphatic carbocycles. The van der Waals surface area contributed by atoms with E-state index in [9.17, 15) is 18.0 Å². The van der Waals surface area contributed by atoms with Gasteiger partial charge >= 0.3 is 5.97 Å². The van der Waals surface area contributed by atoms with Gasteiger partial charge in [-0.3, -0.25) is 4.79 Å². The Hall–Kier alpha value is -2.47. The van der Waals surface area contributed by atoms with Gasteiger partial charge in [0.2, 0.25) is 9.84 Å². The zero-order valence-corrected chi connectivity index (χ0v) is 13.9. The number of carbonyl (C=O) groups excluding carboxylic acids is 2. The lowest BCUT2D eigenvalue weighted by molar-refractivity contribution is 0.0499. The van der Waals surface area contributed by atoms with Crippen molar-refractivity contribution in [2.24, 2.45) is 0 Å². The number of ketones is 1. The van der Waals surface area contributed by atoms with Gasteiger partial charge in [-0.15, -0.1) is 0 Å². The Balaban J connectivity index is 2.05. The van der Waals surface area contributed by atoms with Gasteiger partial charge in [-0.05, 0) is 36.8 Å². The minimum absolute atomic E-state index is 0.0287. The fraction of sp³-hybridized carbons (Fsp3) is 0.222. The molecule has 2 aromatic carbocycles. The molecule has 0 N–H and O–H groups in total.